The maximum atomic E-state index is 12.7. The van der Waals surface area contributed by atoms with Crippen molar-refractivity contribution in [3.63, 3.8) is 0 Å². The number of nitriles is 2. The first kappa shape index (κ1) is 21.6. The van der Waals surface area contributed by atoms with Crippen molar-refractivity contribution < 1.29 is 4.79 Å². The molecule has 34 heavy (non-hydrogen) atoms. The first-order valence-electron chi connectivity index (χ1n) is 11.4. The molecule has 0 radical (unpaired) electrons. The standard InChI is InChI=1S/C25H24N8O/c26-10-7-23(18-1-2-18)33-16-20(14-29-33)22-8-11-28-25(31-22)30-21-5-3-19(4-6-21)24(34)32-12-9-17(13-27)15-32/h3-6,8,11,14,16-18,23H,1-2,7,9,12,15H2,(H,28,30,31)/t17-,23?/m0/s1. The lowest BCUT2D eigenvalue weighted by molar-refractivity contribution is 0.0790. The zero-order valence-corrected chi connectivity index (χ0v) is 18.6. The second-order valence-electron chi connectivity index (χ2n) is 8.81. The molecule has 1 N–H and O–H groups in total. The van der Waals surface area contributed by atoms with Crippen molar-refractivity contribution in [1.29, 1.82) is 10.5 Å². The van der Waals surface area contributed by atoms with E-state index >= 15 is 0 Å². The summed E-state index contributed by atoms with van der Waals surface area (Å²) >= 11 is 0. The molecule has 1 saturated carbocycles. The van der Waals surface area contributed by atoms with E-state index in [2.05, 4.69) is 32.5 Å². The van der Waals surface area contributed by atoms with E-state index in [4.69, 9.17) is 10.5 Å². The van der Waals surface area contributed by atoms with E-state index in [-0.39, 0.29) is 17.9 Å². The van der Waals surface area contributed by atoms with Gasteiger partial charge in [0.05, 0.1) is 42.4 Å². The maximum absolute atomic E-state index is 12.7. The summed E-state index contributed by atoms with van der Waals surface area (Å²) in [5.74, 6) is 0.840. The molecule has 2 fully saturated rings. The van der Waals surface area contributed by atoms with Crippen LogP contribution >= 0.6 is 0 Å². The van der Waals surface area contributed by atoms with Crippen LogP contribution in [-0.4, -0.2) is 43.6 Å². The molecule has 1 amide bonds. The number of hydrogen-bond acceptors (Lipinski definition) is 7. The number of anilines is 2. The Morgan fingerprint density at radius 3 is 2.71 bits per heavy atom. The van der Waals surface area contributed by atoms with Gasteiger partial charge in [0.25, 0.3) is 5.91 Å². The smallest absolute Gasteiger partial charge is 0.253 e. The van der Waals surface area contributed by atoms with E-state index in [1.807, 2.05) is 29.1 Å². The molecule has 1 aromatic carbocycles. The Morgan fingerprint density at radius 2 is 2.00 bits per heavy atom. The van der Waals surface area contributed by atoms with Gasteiger partial charge in [0.2, 0.25) is 5.95 Å². The van der Waals surface area contributed by atoms with Gasteiger partial charge in [0.15, 0.2) is 0 Å². The molecule has 170 valence electrons. The Hall–Kier alpha value is -4.24. The highest BCUT2D eigenvalue weighted by Crippen LogP contribution is 2.41. The van der Waals surface area contributed by atoms with Gasteiger partial charge in [-0.3, -0.25) is 9.48 Å². The zero-order chi connectivity index (χ0) is 23.5. The number of aromatic nitrogens is 4. The second kappa shape index (κ2) is 9.32. The van der Waals surface area contributed by atoms with Crippen LogP contribution in [0, 0.1) is 34.5 Å². The van der Waals surface area contributed by atoms with Crippen molar-refractivity contribution in [2.24, 2.45) is 11.8 Å². The first-order valence-corrected chi connectivity index (χ1v) is 11.4. The van der Waals surface area contributed by atoms with Gasteiger partial charge in [-0.2, -0.15) is 15.6 Å². The van der Waals surface area contributed by atoms with Gasteiger partial charge < -0.3 is 10.2 Å². The molecule has 9 heteroatoms. The minimum absolute atomic E-state index is 0.0551. The van der Waals surface area contributed by atoms with E-state index in [1.54, 1.807) is 29.4 Å². The molecule has 1 unspecified atom stereocenters. The predicted molar refractivity (Wildman–Crippen MR) is 125 cm³/mol. The summed E-state index contributed by atoms with van der Waals surface area (Å²) in [5, 5.41) is 25.9. The summed E-state index contributed by atoms with van der Waals surface area (Å²) in [4.78, 5) is 23.3. The molecule has 9 nitrogen and oxygen atoms in total. The summed E-state index contributed by atoms with van der Waals surface area (Å²) < 4.78 is 1.89. The fourth-order valence-electron chi connectivity index (χ4n) is 4.34. The second-order valence-corrected chi connectivity index (χ2v) is 8.81. The van der Waals surface area contributed by atoms with Crippen molar-refractivity contribution in [2.45, 2.75) is 31.7 Å². The molecule has 2 atom stereocenters. The fourth-order valence-corrected chi connectivity index (χ4v) is 4.34. The summed E-state index contributed by atoms with van der Waals surface area (Å²) in [7, 11) is 0. The van der Waals surface area contributed by atoms with Gasteiger partial charge in [0, 0.05) is 42.3 Å². The average Bonchev–Trinajstić information content (AvgIpc) is 3.38. The van der Waals surface area contributed by atoms with Crippen molar-refractivity contribution in [1.82, 2.24) is 24.6 Å². The van der Waals surface area contributed by atoms with Crippen LogP contribution in [0.2, 0.25) is 0 Å². The van der Waals surface area contributed by atoms with Crippen LogP contribution in [0.1, 0.15) is 42.1 Å². The van der Waals surface area contributed by atoms with Crippen molar-refractivity contribution in [2.75, 3.05) is 18.4 Å². The largest absolute Gasteiger partial charge is 0.337 e. The van der Waals surface area contributed by atoms with Gasteiger partial charge in [-0.05, 0) is 55.5 Å². The Bertz CT molecular complexity index is 1270. The Kier molecular flexibility index (Phi) is 5.92. The quantitative estimate of drug-likeness (QED) is 0.576. The van der Waals surface area contributed by atoms with Crippen LogP contribution in [0.5, 0.6) is 0 Å². The van der Waals surface area contributed by atoms with E-state index < -0.39 is 0 Å². The van der Waals surface area contributed by atoms with Crippen molar-refractivity contribution in [3.05, 3.63) is 54.5 Å². The molecule has 2 aliphatic rings. The predicted octanol–water partition coefficient (Wildman–Crippen LogP) is 3.93. The monoisotopic (exact) mass is 452 g/mol. The number of amides is 1. The number of carbonyl (C=O) groups excluding carboxylic acids is 1. The van der Waals surface area contributed by atoms with Crippen LogP contribution in [-0.2, 0) is 0 Å². The molecule has 0 spiro atoms. The zero-order valence-electron chi connectivity index (χ0n) is 18.6. The molecule has 1 saturated heterocycles. The maximum Gasteiger partial charge on any atom is 0.253 e. The number of nitrogens with zero attached hydrogens (tertiary/aromatic N) is 7. The lowest BCUT2D eigenvalue weighted by Gasteiger charge is -2.15. The number of carbonyl (C=O) groups is 1. The van der Waals surface area contributed by atoms with Gasteiger partial charge in [-0.15, -0.1) is 0 Å². The SMILES string of the molecule is N#CCC(C1CC1)n1cc(-c2ccnc(Nc3ccc(C(=O)N4CC[C@@H](C#N)C4)cc3)n2)cn1. The minimum Gasteiger partial charge on any atom is -0.337 e. The van der Waals surface area contributed by atoms with Gasteiger partial charge >= 0.3 is 0 Å². The number of rotatable bonds is 7. The normalized spacial score (nSPS) is 18.2. The number of hydrogen-bond donors (Lipinski definition) is 1. The average molecular weight is 453 g/mol. The molecule has 1 aliphatic carbocycles. The van der Waals surface area contributed by atoms with Crippen LogP contribution < -0.4 is 5.32 Å². The fraction of sp³-hybridized carbons (Fsp3) is 0.360. The number of likely N-dealkylation sites (tertiary alicyclic amines) is 1. The highest BCUT2D eigenvalue weighted by Gasteiger charge is 2.33. The molecule has 2 aromatic heterocycles. The summed E-state index contributed by atoms with van der Waals surface area (Å²) in [6, 6.07) is 13.6. The summed E-state index contributed by atoms with van der Waals surface area (Å²) in [5.41, 5.74) is 2.97. The summed E-state index contributed by atoms with van der Waals surface area (Å²) in [6.45, 7) is 1.11. The lowest BCUT2D eigenvalue weighted by atomic mass is 10.1. The van der Waals surface area contributed by atoms with Gasteiger partial charge in [0.1, 0.15) is 0 Å². The molecule has 3 heterocycles. The van der Waals surface area contributed by atoms with E-state index in [0.29, 0.717) is 36.9 Å². The molecule has 5 rings (SSSR count). The highest BCUT2D eigenvalue weighted by molar-refractivity contribution is 5.94. The van der Waals surface area contributed by atoms with Crippen molar-refractivity contribution >= 4 is 17.5 Å². The molecule has 0 bridgehead atoms. The van der Waals surface area contributed by atoms with Crippen molar-refractivity contribution in [3.8, 4) is 23.4 Å². The third-order valence-corrected chi connectivity index (χ3v) is 6.41. The summed E-state index contributed by atoms with van der Waals surface area (Å²) in [6.07, 6.45) is 8.88. The Balaban J connectivity index is 1.26. The van der Waals surface area contributed by atoms with Crippen LogP contribution in [0.4, 0.5) is 11.6 Å². The van der Waals surface area contributed by atoms with E-state index in [0.717, 1.165) is 36.2 Å². The molecule has 3 aromatic rings. The minimum atomic E-state index is -0.0765. The van der Waals surface area contributed by atoms with E-state index in [1.165, 1.54) is 0 Å². The highest BCUT2D eigenvalue weighted by atomic mass is 16.2. The molecule has 1 aliphatic heterocycles. The third-order valence-electron chi connectivity index (χ3n) is 6.41. The van der Waals surface area contributed by atoms with E-state index in [9.17, 15) is 4.79 Å². The van der Waals surface area contributed by atoms with Gasteiger partial charge in [-0.25, -0.2) is 9.97 Å². The van der Waals surface area contributed by atoms with Crippen LogP contribution in [0.15, 0.2) is 48.9 Å². The topological polar surface area (TPSA) is 124 Å². The van der Waals surface area contributed by atoms with Crippen LogP contribution in [0.3, 0.4) is 0 Å². The molecular formula is C25H24N8O. The Labute approximate surface area is 197 Å². The Morgan fingerprint density at radius 1 is 1.18 bits per heavy atom. The number of benzene rings is 1. The lowest BCUT2D eigenvalue weighted by Crippen LogP contribution is -2.28. The van der Waals surface area contributed by atoms with Gasteiger partial charge in [-0.1, -0.05) is 0 Å². The molecular weight excluding hydrogens is 428 g/mol. The third kappa shape index (κ3) is 4.60. The van der Waals surface area contributed by atoms with Crippen LogP contribution in [0.25, 0.3) is 11.3 Å². The number of nitrogens with one attached hydrogen (secondary N) is 1. The first-order chi connectivity index (χ1) is 16.6.